The van der Waals surface area contributed by atoms with Crippen molar-refractivity contribution in [1.82, 2.24) is 9.88 Å². The van der Waals surface area contributed by atoms with E-state index in [9.17, 15) is 22.8 Å². The maximum Gasteiger partial charge on any atom is 0.418 e. The number of para-hydroxylation sites is 1. The molecule has 0 radical (unpaired) electrons. The molecule has 1 saturated heterocycles. The molecule has 0 atom stereocenters. The van der Waals surface area contributed by atoms with Crippen LogP contribution >= 0.6 is 0 Å². The Hall–Kier alpha value is -4.28. The Morgan fingerprint density at radius 1 is 0.951 bits per heavy atom. The van der Waals surface area contributed by atoms with Gasteiger partial charge in [-0.2, -0.15) is 13.2 Å². The topological polar surface area (TPSA) is 101 Å². The summed E-state index contributed by atoms with van der Waals surface area (Å²) in [6.07, 6.45) is -2.20. The summed E-state index contributed by atoms with van der Waals surface area (Å²) in [4.78, 5) is 33.1. The molecule has 218 valence electrons. The molecule has 2 amide bonds. The fraction of sp³-hybridized carbons (Fsp3) is 0.367. The first kappa shape index (κ1) is 29.7. The van der Waals surface area contributed by atoms with Crippen molar-refractivity contribution in [2.24, 2.45) is 0 Å². The average Bonchev–Trinajstić information content (AvgIpc) is 2.91. The maximum absolute atomic E-state index is 14.1. The predicted octanol–water partition coefficient (Wildman–Crippen LogP) is 5.78. The number of halogens is 3. The van der Waals surface area contributed by atoms with Crippen LogP contribution in [0.1, 0.15) is 47.8 Å². The van der Waals surface area contributed by atoms with E-state index in [1.54, 1.807) is 62.2 Å². The monoisotopic (exact) mass is 569 g/mol. The molecular formula is C30H34F3N5O3. The molecule has 1 aliphatic rings. The Labute approximate surface area is 237 Å². The molecule has 2 heterocycles. The Morgan fingerprint density at radius 3 is 2.27 bits per heavy atom. The van der Waals surface area contributed by atoms with Crippen LogP contribution in [0.3, 0.4) is 0 Å². The lowest BCUT2D eigenvalue weighted by Gasteiger charge is -2.37. The first-order valence-electron chi connectivity index (χ1n) is 13.3. The van der Waals surface area contributed by atoms with Gasteiger partial charge in [-0.05, 0) is 75.1 Å². The first-order chi connectivity index (χ1) is 19.3. The SMILES string of the molecule is CC(C)(C)OC(=O)N1CCN(c2cccc(C(F)(F)F)c2NC(=O)c2cccc(CCc3ccc(N)nc3)c2)CC1. The van der Waals surface area contributed by atoms with Crippen LogP contribution in [0, 0.1) is 0 Å². The molecule has 41 heavy (non-hydrogen) atoms. The lowest BCUT2D eigenvalue weighted by Crippen LogP contribution is -2.50. The van der Waals surface area contributed by atoms with Crippen LogP contribution in [0.25, 0.3) is 0 Å². The smallest absolute Gasteiger partial charge is 0.418 e. The summed E-state index contributed by atoms with van der Waals surface area (Å²) in [7, 11) is 0. The Balaban J connectivity index is 1.52. The minimum absolute atomic E-state index is 0.240. The molecule has 2 aromatic carbocycles. The van der Waals surface area contributed by atoms with Gasteiger partial charge in [0.25, 0.3) is 5.91 Å². The van der Waals surface area contributed by atoms with Crippen molar-refractivity contribution < 1.29 is 27.5 Å². The summed E-state index contributed by atoms with van der Waals surface area (Å²) in [6.45, 7) is 6.40. The molecule has 1 fully saturated rings. The predicted molar refractivity (Wildman–Crippen MR) is 152 cm³/mol. The Morgan fingerprint density at radius 2 is 1.63 bits per heavy atom. The highest BCUT2D eigenvalue weighted by molar-refractivity contribution is 6.06. The molecule has 3 N–H and O–H groups in total. The summed E-state index contributed by atoms with van der Waals surface area (Å²) in [6, 6.07) is 14.2. The number of anilines is 3. The van der Waals surface area contributed by atoms with Gasteiger partial charge in [-0.3, -0.25) is 4.79 Å². The highest BCUT2D eigenvalue weighted by Gasteiger charge is 2.36. The largest absolute Gasteiger partial charge is 0.444 e. The highest BCUT2D eigenvalue weighted by Crippen LogP contribution is 2.40. The minimum atomic E-state index is -4.69. The minimum Gasteiger partial charge on any atom is -0.444 e. The van der Waals surface area contributed by atoms with Gasteiger partial charge in [0.1, 0.15) is 11.4 Å². The second-order valence-corrected chi connectivity index (χ2v) is 10.9. The molecule has 1 aliphatic heterocycles. The van der Waals surface area contributed by atoms with Crippen molar-refractivity contribution >= 4 is 29.2 Å². The van der Waals surface area contributed by atoms with Crippen LogP contribution in [0.5, 0.6) is 0 Å². The van der Waals surface area contributed by atoms with E-state index in [0.717, 1.165) is 17.2 Å². The molecule has 0 saturated carbocycles. The fourth-order valence-corrected chi connectivity index (χ4v) is 4.55. The lowest BCUT2D eigenvalue weighted by molar-refractivity contribution is -0.136. The molecule has 0 unspecified atom stereocenters. The summed E-state index contributed by atoms with van der Waals surface area (Å²) in [5.74, 6) is -0.220. The van der Waals surface area contributed by atoms with Gasteiger partial charge in [0.05, 0.1) is 16.9 Å². The number of carbonyl (C=O) groups excluding carboxylic acids is 2. The van der Waals surface area contributed by atoms with Gasteiger partial charge in [-0.25, -0.2) is 9.78 Å². The van der Waals surface area contributed by atoms with Gasteiger partial charge in [-0.1, -0.05) is 24.3 Å². The number of nitrogens with one attached hydrogen (secondary N) is 1. The van der Waals surface area contributed by atoms with E-state index in [1.807, 2.05) is 12.1 Å². The molecule has 3 aromatic rings. The van der Waals surface area contributed by atoms with Gasteiger partial charge in [0.15, 0.2) is 0 Å². The summed E-state index contributed by atoms with van der Waals surface area (Å²) in [5, 5.41) is 2.54. The first-order valence-corrected chi connectivity index (χ1v) is 13.3. The molecule has 4 rings (SSSR count). The number of hydrogen-bond donors (Lipinski definition) is 2. The van der Waals surface area contributed by atoms with Gasteiger partial charge >= 0.3 is 12.3 Å². The zero-order valence-electron chi connectivity index (χ0n) is 23.3. The number of carbonyl (C=O) groups is 2. The second kappa shape index (κ2) is 12.1. The number of rotatable bonds is 6. The zero-order chi connectivity index (χ0) is 29.8. The van der Waals surface area contributed by atoms with E-state index >= 15 is 0 Å². The van der Waals surface area contributed by atoms with Crippen molar-refractivity contribution in [2.75, 3.05) is 42.1 Å². The zero-order valence-corrected chi connectivity index (χ0v) is 23.3. The van der Waals surface area contributed by atoms with E-state index in [-0.39, 0.29) is 43.1 Å². The van der Waals surface area contributed by atoms with Crippen LogP contribution in [-0.2, 0) is 23.8 Å². The van der Waals surface area contributed by atoms with Crippen LogP contribution < -0.4 is 16.0 Å². The number of benzene rings is 2. The summed E-state index contributed by atoms with van der Waals surface area (Å²) in [5.41, 5.74) is 6.05. The summed E-state index contributed by atoms with van der Waals surface area (Å²) >= 11 is 0. The maximum atomic E-state index is 14.1. The number of nitrogens with zero attached hydrogens (tertiary/aromatic N) is 3. The molecule has 0 aliphatic carbocycles. The average molecular weight is 570 g/mol. The number of piperazine rings is 1. The van der Waals surface area contributed by atoms with Crippen LogP contribution in [-0.4, -0.2) is 53.7 Å². The molecule has 8 nitrogen and oxygen atoms in total. The third-order valence-electron chi connectivity index (χ3n) is 6.60. The van der Waals surface area contributed by atoms with Gasteiger partial charge < -0.3 is 25.6 Å². The third kappa shape index (κ3) is 7.90. The van der Waals surface area contributed by atoms with Crippen molar-refractivity contribution in [2.45, 2.75) is 45.4 Å². The molecule has 0 bridgehead atoms. The van der Waals surface area contributed by atoms with E-state index in [2.05, 4.69) is 10.3 Å². The van der Waals surface area contributed by atoms with E-state index in [1.165, 1.54) is 11.0 Å². The van der Waals surface area contributed by atoms with Crippen molar-refractivity contribution in [3.8, 4) is 0 Å². The third-order valence-corrected chi connectivity index (χ3v) is 6.60. The highest BCUT2D eigenvalue weighted by atomic mass is 19.4. The number of alkyl halides is 3. The number of aryl methyl sites for hydroxylation is 2. The Bertz CT molecular complexity index is 1380. The quantitative estimate of drug-likeness (QED) is 0.391. The number of amides is 2. The number of nitrogens with two attached hydrogens (primary N) is 1. The van der Waals surface area contributed by atoms with Crippen molar-refractivity contribution in [3.63, 3.8) is 0 Å². The normalized spacial score (nSPS) is 14.1. The van der Waals surface area contributed by atoms with Crippen molar-refractivity contribution in [3.05, 3.63) is 83.0 Å². The van der Waals surface area contributed by atoms with Gasteiger partial charge in [0, 0.05) is 37.9 Å². The number of ether oxygens (including phenoxy) is 1. The number of pyridine rings is 1. The number of hydrogen-bond acceptors (Lipinski definition) is 6. The van der Waals surface area contributed by atoms with Gasteiger partial charge in [0.2, 0.25) is 0 Å². The molecule has 11 heteroatoms. The Kier molecular flexibility index (Phi) is 8.74. The number of nitrogen functional groups attached to an aromatic ring is 1. The van der Waals surface area contributed by atoms with Crippen LogP contribution in [0.4, 0.5) is 35.2 Å². The van der Waals surface area contributed by atoms with E-state index < -0.39 is 29.3 Å². The fourth-order valence-electron chi connectivity index (χ4n) is 4.55. The van der Waals surface area contributed by atoms with E-state index in [0.29, 0.717) is 18.7 Å². The molecule has 0 spiro atoms. The van der Waals surface area contributed by atoms with Gasteiger partial charge in [-0.15, -0.1) is 0 Å². The lowest BCUT2D eigenvalue weighted by atomic mass is 10.0. The van der Waals surface area contributed by atoms with E-state index in [4.69, 9.17) is 10.5 Å². The van der Waals surface area contributed by atoms with Crippen LogP contribution in [0.15, 0.2) is 60.8 Å². The summed E-state index contributed by atoms with van der Waals surface area (Å²) < 4.78 is 47.6. The standard InChI is InChI=1S/C30H34F3N5O3/c1-29(2,3)41-28(40)38-16-14-37(15-17-38)24-9-5-8-23(30(31,32)33)26(24)36-27(39)22-7-4-6-20(18-22)10-11-21-12-13-25(34)35-19-21/h4-9,12-13,18-19H,10-11,14-17H2,1-3H3,(H2,34,35)(H,36,39). The van der Waals surface area contributed by atoms with Crippen molar-refractivity contribution in [1.29, 1.82) is 0 Å². The molecular weight excluding hydrogens is 535 g/mol. The van der Waals surface area contributed by atoms with Crippen LogP contribution in [0.2, 0.25) is 0 Å². The molecule has 1 aromatic heterocycles. The second-order valence-electron chi connectivity index (χ2n) is 10.9. The number of aromatic nitrogens is 1.